The topological polar surface area (TPSA) is 121 Å². The fourth-order valence-corrected chi connectivity index (χ4v) is 4.14. The van der Waals surface area contributed by atoms with Gasteiger partial charge in [0, 0.05) is 17.8 Å². The van der Waals surface area contributed by atoms with Gasteiger partial charge in [0.1, 0.15) is 0 Å². The molecule has 9 nitrogen and oxygen atoms in total. The van der Waals surface area contributed by atoms with Crippen molar-refractivity contribution in [2.45, 2.75) is 18.2 Å². The molecule has 1 saturated heterocycles. The van der Waals surface area contributed by atoms with E-state index in [9.17, 15) is 9.59 Å². The normalized spacial score (nSPS) is 15.8. The summed E-state index contributed by atoms with van der Waals surface area (Å²) < 4.78 is 12.9. The number of hydrogen-bond donors (Lipinski definition) is 2. The van der Waals surface area contributed by atoms with Crippen LogP contribution in [0.5, 0.6) is 0 Å². The summed E-state index contributed by atoms with van der Waals surface area (Å²) in [5, 5.41) is 8.38. The highest BCUT2D eigenvalue weighted by atomic mass is 16.7. The van der Waals surface area contributed by atoms with Gasteiger partial charge in [-0.2, -0.15) is 5.10 Å². The summed E-state index contributed by atoms with van der Waals surface area (Å²) in [4.78, 5) is 30.4. The molecule has 0 bridgehead atoms. The molecular weight excluding hydrogens is 434 g/mol. The Labute approximate surface area is 195 Å². The Balaban J connectivity index is 1.50. The van der Waals surface area contributed by atoms with Crippen molar-refractivity contribution in [1.29, 1.82) is 0 Å². The minimum atomic E-state index is -1.77. The maximum atomic E-state index is 13.5. The van der Waals surface area contributed by atoms with E-state index in [4.69, 9.17) is 15.2 Å². The van der Waals surface area contributed by atoms with E-state index in [1.807, 2.05) is 60.8 Å². The lowest BCUT2D eigenvalue weighted by atomic mass is 9.97. The fourth-order valence-electron chi connectivity index (χ4n) is 4.14. The summed E-state index contributed by atoms with van der Waals surface area (Å²) in [6, 6.07) is 19.5. The van der Waals surface area contributed by atoms with Gasteiger partial charge in [-0.25, -0.2) is 9.67 Å². The Morgan fingerprint density at radius 1 is 1.03 bits per heavy atom. The van der Waals surface area contributed by atoms with E-state index in [-0.39, 0.29) is 25.2 Å². The van der Waals surface area contributed by atoms with Gasteiger partial charge >= 0.3 is 0 Å². The standard InChI is InChI=1S/C25H23N5O4/c26-24(32)25(33-13-14-34-25)21(15-17-7-2-1-3-8-17)28-23(31)19-10-6-12-27-22(19)30-16-18-9-4-5-11-20(18)29-30/h1-12,16,21H,13-15H2,(H2,26,32)(H,28,31). The van der Waals surface area contributed by atoms with Gasteiger partial charge in [-0.15, -0.1) is 0 Å². The van der Waals surface area contributed by atoms with E-state index >= 15 is 0 Å². The molecular formula is C25H23N5O4. The molecule has 5 rings (SSSR count). The van der Waals surface area contributed by atoms with Gasteiger partial charge in [0.25, 0.3) is 17.6 Å². The molecule has 0 saturated carbocycles. The number of aromatic nitrogens is 3. The molecule has 9 heteroatoms. The van der Waals surface area contributed by atoms with Gasteiger partial charge in [-0.3, -0.25) is 9.59 Å². The number of carbonyl (C=O) groups excluding carboxylic acids is 2. The number of benzene rings is 2. The van der Waals surface area contributed by atoms with E-state index in [2.05, 4.69) is 15.4 Å². The Hall–Kier alpha value is -4.08. The minimum absolute atomic E-state index is 0.197. The van der Waals surface area contributed by atoms with Crippen molar-refractivity contribution < 1.29 is 19.1 Å². The van der Waals surface area contributed by atoms with Gasteiger partial charge in [0.2, 0.25) is 0 Å². The fraction of sp³-hybridized carbons (Fsp3) is 0.200. The van der Waals surface area contributed by atoms with Crippen molar-refractivity contribution in [2.75, 3.05) is 13.2 Å². The smallest absolute Gasteiger partial charge is 0.280 e. The highest BCUT2D eigenvalue weighted by Crippen LogP contribution is 2.27. The van der Waals surface area contributed by atoms with Crippen LogP contribution < -0.4 is 11.1 Å². The molecule has 0 spiro atoms. The molecule has 1 aliphatic heterocycles. The van der Waals surface area contributed by atoms with Crippen LogP contribution in [0.25, 0.3) is 16.7 Å². The number of nitrogens with zero attached hydrogens (tertiary/aromatic N) is 3. The predicted molar refractivity (Wildman–Crippen MR) is 124 cm³/mol. The zero-order valence-electron chi connectivity index (χ0n) is 18.3. The average Bonchev–Trinajstić information content (AvgIpc) is 3.52. The van der Waals surface area contributed by atoms with Gasteiger partial charge in [0.15, 0.2) is 5.82 Å². The minimum Gasteiger partial charge on any atom is -0.365 e. The number of primary amides is 1. The second-order valence-corrected chi connectivity index (χ2v) is 7.95. The van der Waals surface area contributed by atoms with Gasteiger partial charge in [0.05, 0.1) is 30.3 Å². The second kappa shape index (κ2) is 9.05. The third-order valence-corrected chi connectivity index (χ3v) is 5.77. The molecule has 1 fully saturated rings. The highest BCUT2D eigenvalue weighted by Gasteiger charge is 2.51. The van der Waals surface area contributed by atoms with E-state index in [1.54, 1.807) is 23.0 Å². The molecule has 3 N–H and O–H groups in total. The second-order valence-electron chi connectivity index (χ2n) is 7.95. The summed E-state index contributed by atoms with van der Waals surface area (Å²) in [6.07, 6.45) is 3.68. The van der Waals surface area contributed by atoms with Crippen molar-refractivity contribution in [1.82, 2.24) is 20.1 Å². The van der Waals surface area contributed by atoms with Crippen LogP contribution in [0.4, 0.5) is 0 Å². The molecule has 1 atom stereocenters. The van der Waals surface area contributed by atoms with Crippen molar-refractivity contribution in [3.05, 3.63) is 90.3 Å². The number of rotatable bonds is 7. The monoisotopic (exact) mass is 457 g/mol. The molecule has 1 unspecified atom stereocenters. The van der Waals surface area contributed by atoms with Gasteiger partial charge in [-0.1, -0.05) is 48.5 Å². The van der Waals surface area contributed by atoms with Crippen LogP contribution >= 0.6 is 0 Å². The summed E-state index contributed by atoms with van der Waals surface area (Å²) >= 11 is 0. The molecule has 2 aromatic carbocycles. The number of carbonyl (C=O) groups is 2. The third-order valence-electron chi connectivity index (χ3n) is 5.77. The van der Waals surface area contributed by atoms with Crippen LogP contribution in [-0.4, -0.2) is 51.6 Å². The first-order valence-electron chi connectivity index (χ1n) is 10.9. The van der Waals surface area contributed by atoms with E-state index in [0.717, 1.165) is 16.5 Å². The molecule has 0 radical (unpaired) electrons. The van der Waals surface area contributed by atoms with Crippen LogP contribution in [0.1, 0.15) is 15.9 Å². The molecule has 1 aliphatic rings. The number of amides is 2. The van der Waals surface area contributed by atoms with E-state index in [1.165, 1.54) is 0 Å². The largest absolute Gasteiger partial charge is 0.365 e. The van der Waals surface area contributed by atoms with E-state index < -0.39 is 23.6 Å². The summed E-state index contributed by atoms with van der Waals surface area (Å²) in [5.74, 6) is -2.66. The maximum absolute atomic E-state index is 13.5. The Kier molecular flexibility index (Phi) is 5.79. The van der Waals surface area contributed by atoms with Crippen molar-refractivity contribution in [2.24, 2.45) is 5.73 Å². The van der Waals surface area contributed by atoms with Crippen LogP contribution in [0, 0.1) is 0 Å². The first-order valence-corrected chi connectivity index (χ1v) is 10.9. The summed E-state index contributed by atoms with van der Waals surface area (Å²) in [5.41, 5.74) is 7.65. The SMILES string of the molecule is NC(=O)C1(C(Cc2ccccc2)NC(=O)c2cccnc2-n2cc3ccccc3n2)OCCO1. The van der Waals surface area contributed by atoms with Crippen molar-refractivity contribution >= 4 is 22.7 Å². The molecule has 172 valence electrons. The van der Waals surface area contributed by atoms with Crippen LogP contribution in [0.3, 0.4) is 0 Å². The number of nitrogens with two attached hydrogens (primary N) is 1. The van der Waals surface area contributed by atoms with Crippen LogP contribution in [0.2, 0.25) is 0 Å². The van der Waals surface area contributed by atoms with E-state index in [0.29, 0.717) is 5.82 Å². The van der Waals surface area contributed by atoms with Gasteiger partial charge in [-0.05, 0) is 30.2 Å². The predicted octanol–water partition coefficient (Wildman–Crippen LogP) is 1.99. The lowest BCUT2D eigenvalue weighted by Gasteiger charge is -2.33. The Morgan fingerprint density at radius 3 is 2.50 bits per heavy atom. The van der Waals surface area contributed by atoms with Crippen molar-refractivity contribution in [3.8, 4) is 5.82 Å². The molecule has 0 aliphatic carbocycles. The number of pyridine rings is 1. The van der Waals surface area contributed by atoms with Crippen LogP contribution in [0.15, 0.2) is 79.1 Å². The van der Waals surface area contributed by atoms with Gasteiger partial charge < -0.3 is 20.5 Å². The number of hydrogen-bond acceptors (Lipinski definition) is 6. The number of nitrogens with one attached hydrogen (secondary N) is 1. The molecule has 4 aromatic rings. The first-order chi connectivity index (χ1) is 16.6. The molecule has 2 aromatic heterocycles. The summed E-state index contributed by atoms with van der Waals surface area (Å²) in [6.45, 7) is 0.393. The molecule has 2 amide bonds. The number of ether oxygens (including phenoxy) is 2. The average molecular weight is 457 g/mol. The lowest BCUT2D eigenvalue weighted by molar-refractivity contribution is -0.189. The zero-order valence-corrected chi connectivity index (χ0v) is 18.3. The quantitative estimate of drug-likeness (QED) is 0.438. The Bertz CT molecular complexity index is 1300. The first kappa shape index (κ1) is 21.7. The number of fused-ring (bicyclic) bond motifs is 1. The third kappa shape index (κ3) is 4.02. The molecule has 34 heavy (non-hydrogen) atoms. The summed E-state index contributed by atoms with van der Waals surface area (Å²) in [7, 11) is 0. The maximum Gasteiger partial charge on any atom is 0.280 e. The molecule has 3 heterocycles. The Morgan fingerprint density at radius 2 is 1.76 bits per heavy atom. The highest BCUT2D eigenvalue weighted by molar-refractivity contribution is 5.98. The lowest BCUT2D eigenvalue weighted by Crippen LogP contribution is -2.61. The van der Waals surface area contributed by atoms with Crippen LogP contribution in [-0.2, 0) is 20.7 Å². The zero-order chi connectivity index (χ0) is 23.5. The van der Waals surface area contributed by atoms with Crippen molar-refractivity contribution in [3.63, 3.8) is 0 Å².